The van der Waals surface area contributed by atoms with Crippen molar-refractivity contribution in [3.63, 3.8) is 0 Å². The average Bonchev–Trinajstić information content (AvgIpc) is 3.11. The Morgan fingerprint density at radius 1 is 1.16 bits per heavy atom. The molecule has 0 N–H and O–H groups in total. The quantitative estimate of drug-likeness (QED) is 0.571. The molecule has 2 aliphatic rings. The number of piperidine rings is 1. The number of aromatic nitrogens is 3. The molecule has 1 amide bonds. The summed E-state index contributed by atoms with van der Waals surface area (Å²) in [6.07, 6.45) is 4.49. The number of hydrogen-bond donors (Lipinski definition) is 0. The second kappa shape index (κ2) is 7.65. The zero-order chi connectivity index (χ0) is 22.6. The Balaban J connectivity index is 1.58. The molecule has 9 heteroatoms. The van der Waals surface area contributed by atoms with Crippen LogP contribution in [0.4, 0.5) is 13.2 Å². The molecular weight excluding hydrogens is 421 g/mol. The van der Waals surface area contributed by atoms with Gasteiger partial charge in [0, 0.05) is 36.5 Å². The third kappa shape index (κ3) is 3.14. The number of methoxy groups -OCH3 is 1. The van der Waals surface area contributed by atoms with Gasteiger partial charge in [0.2, 0.25) is 0 Å². The van der Waals surface area contributed by atoms with Gasteiger partial charge < -0.3 is 9.64 Å². The number of fused-ring (bicyclic) bond motifs is 4. The van der Waals surface area contributed by atoms with E-state index in [1.807, 2.05) is 4.90 Å². The summed E-state index contributed by atoms with van der Waals surface area (Å²) in [6, 6.07) is 4.90. The molecule has 5 rings (SSSR count). The first-order chi connectivity index (χ1) is 15.4. The average molecular weight is 442 g/mol. The van der Waals surface area contributed by atoms with Gasteiger partial charge in [0.05, 0.1) is 24.5 Å². The van der Waals surface area contributed by atoms with Gasteiger partial charge >= 0.3 is 0 Å². The minimum atomic E-state index is -1.50. The molecule has 6 nitrogen and oxygen atoms in total. The number of carbonyl (C=O) groups excluding carboxylic acids is 1. The molecule has 1 aromatic carbocycles. The van der Waals surface area contributed by atoms with Crippen LogP contribution >= 0.6 is 0 Å². The van der Waals surface area contributed by atoms with Crippen molar-refractivity contribution >= 4 is 5.91 Å². The Bertz CT molecular complexity index is 1200. The third-order valence-corrected chi connectivity index (χ3v) is 6.35. The van der Waals surface area contributed by atoms with Crippen LogP contribution in [-0.4, -0.2) is 38.7 Å². The largest absolute Gasteiger partial charge is 0.497 e. The van der Waals surface area contributed by atoms with Gasteiger partial charge in [-0.15, -0.1) is 0 Å². The fraction of sp³-hybridized carbons (Fsp3) is 0.348. The molecule has 32 heavy (non-hydrogen) atoms. The lowest BCUT2D eigenvalue weighted by Crippen LogP contribution is -2.50. The van der Waals surface area contributed by atoms with Crippen molar-refractivity contribution < 1.29 is 22.7 Å². The fourth-order valence-corrected chi connectivity index (χ4v) is 4.99. The Morgan fingerprint density at radius 2 is 1.91 bits per heavy atom. The van der Waals surface area contributed by atoms with E-state index < -0.39 is 17.5 Å². The van der Waals surface area contributed by atoms with Crippen molar-refractivity contribution in [1.29, 1.82) is 0 Å². The summed E-state index contributed by atoms with van der Waals surface area (Å²) in [5.74, 6) is -3.63. The molecule has 0 aliphatic carbocycles. The molecule has 0 radical (unpaired) electrons. The maximum Gasteiger partial charge on any atom is 0.273 e. The van der Waals surface area contributed by atoms with Crippen molar-refractivity contribution in [1.82, 2.24) is 19.7 Å². The highest BCUT2D eigenvalue weighted by Gasteiger charge is 2.44. The van der Waals surface area contributed by atoms with Crippen molar-refractivity contribution in [2.75, 3.05) is 7.11 Å². The lowest BCUT2D eigenvalue weighted by atomic mass is 9.81. The van der Waals surface area contributed by atoms with Crippen LogP contribution in [0.2, 0.25) is 0 Å². The molecule has 4 heterocycles. The number of amides is 1. The van der Waals surface area contributed by atoms with E-state index in [1.54, 1.807) is 23.9 Å². The van der Waals surface area contributed by atoms with E-state index in [-0.39, 0.29) is 23.6 Å². The normalized spacial score (nSPS) is 19.6. The van der Waals surface area contributed by atoms with Crippen LogP contribution in [0.25, 0.3) is 11.3 Å². The molecule has 2 unspecified atom stereocenters. The van der Waals surface area contributed by atoms with Gasteiger partial charge in [-0.25, -0.2) is 13.2 Å². The lowest BCUT2D eigenvalue weighted by molar-refractivity contribution is 0.0385. The summed E-state index contributed by atoms with van der Waals surface area (Å²) in [5, 5.41) is 4.63. The smallest absolute Gasteiger partial charge is 0.273 e. The number of ether oxygens (including phenoxy) is 1. The molecule has 166 valence electrons. The van der Waals surface area contributed by atoms with E-state index in [0.717, 1.165) is 37.0 Å². The number of pyridine rings is 1. The van der Waals surface area contributed by atoms with Gasteiger partial charge in [0.1, 0.15) is 11.4 Å². The summed E-state index contributed by atoms with van der Waals surface area (Å²) in [5.41, 5.74) is 2.62. The van der Waals surface area contributed by atoms with Gasteiger partial charge in [0.15, 0.2) is 17.5 Å². The van der Waals surface area contributed by atoms with Crippen LogP contribution in [-0.2, 0) is 13.5 Å². The minimum Gasteiger partial charge on any atom is -0.497 e. The van der Waals surface area contributed by atoms with Gasteiger partial charge in [-0.05, 0) is 43.9 Å². The Morgan fingerprint density at radius 3 is 2.62 bits per heavy atom. The number of nitrogens with zero attached hydrogens (tertiary/aromatic N) is 4. The highest BCUT2D eigenvalue weighted by Crippen LogP contribution is 2.45. The maximum atomic E-state index is 13.9. The molecule has 1 saturated heterocycles. The number of hydrogen-bond acceptors (Lipinski definition) is 4. The molecule has 2 atom stereocenters. The summed E-state index contributed by atoms with van der Waals surface area (Å²) >= 11 is 0. The summed E-state index contributed by atoms with van der Waals surface area (Å²) in [7, 11) is 3.22. The van der Waals surface area contributed by atoms with Gasteiger partial charge in [0.25, 0.3) is 5.91 Å². The highest BCUT2D eigenvalue weighted by molar-refractivity contribution is 5.93. The van der Waals surface area contributed by atoms with Crippen molar-refractivity contribution in [3.05, 3.63) is 64.9 Å². The molecule has 3 aromatic rings. The number of benzene rings is 1. The van der Waals surface area contributed by atoms with Crippen molar-refractivity contribution in [2.24, 2.45) is 7.05 Å². The molecule has 0 saturated carbocycles. The van der Waals surface area contributed by atoms with Crippen LogP contribution in [0.3, 0.4) is 0 Å². The Labute approximate surface area is 182 Å². The standard InChI is InChI=1S/C23H21F3N4O2/c1-29-22(12-8-16(24)20(26)17(25)9-12)15-10-13-4-3-5-19(21(15)28-29)30(13)23(31)18-11-14(32-2)6-7-27-18/h6-9,11,13,19H,3-5,10H2,1-2H3. The monoisotopic (exact) mass is 442 g/mol. The van der Waals surface area contributed by atoms with Crippen LogP contribution < -0.4 is 4.74 Å². The summed E-state index contributed by atoms with van der Waals surface area (Å²) < 4.78 is 48.1. The van der Waals surface area contributed by atoms with E-state index in [1.165, 1.54) is 13.3 Å². The highest BCUT2D eigenvalue weighted by atomic mass is 19.2. The van der Waals surface area contributed by atoms with E-state index in [2.05, 4.69) is 10.1 Å². The molecule has 2 aliphatic heterocycles. The summed E-state index contributed by atoms with van der Waals surface area (Å²) in [4.78, 5) is 19.5. The van der Waals surface area contributed by atoms with E-state index >= 15 is 0 Å². The van der Waals surface area contributed by atoms with Gasteiger partial charge in [-0.2, -0.15) is 5.10 Å². The predicted octanol–water partition coefficient (Wildman–Crippen LogP) is 4.20. The van der Waals surface area contributed by atoms with Crippen molar-refractivity contribution in [2.45, 2.75) is 37.8 Å². The Kier molecular flexibility index (Phi) is 4.91. The second-order valence-corrected chi connectivity index (χ2v) is 8.19. The first-order valence-corrected chi connectivity index (χ1v) is 10.4. The third-order valence-electron chi connectivity index (χ3n) is 6.35. The lowest BCUT2D eigenvalue weighted by Gasteiger charge is -2.45. The minimum absolute atomic E-state index is 0.0974. The van der Waals surface area contributed by atoms with E-state index in [9.17, 15) is 18.0 Å². The molecular formula is C23H21F3N4O2. The number of halogens is 3. The maximum absolute atomic E-state index is 13.9. The molecule has 0 spiro atoms. The van der Waals surface area contributed by atoms with Crippen LogP contribution in [0.1, 0.15) is 47.1 Å². The second-order valence-electron chi connectivity index (χ2n) is 8.19. The SMILES string of the molecule is COc1ccnc(C(=O)N2C3CCCC2c2nn(C)c(-c4cc(F)c(F)c(F)c4)c2C3)c1. The zero-order valence-electron chi connectivity index (χ0n) is 17.6. The number of carbonyl (C=O) groups is 1. The first-order valence-electron chi connectivity index (χ1n) is 10.4. The number of aryl methyl sites for hydroxylation is 1. The summed E-state index contributed by atoms with van der Waals surface area (Å²) in [6.45, 7) is 0. The van der Waals surface area contributed by atoms with Gasteiger partial charge in [-0.3, -0.25) is 14.5 Å². The van der Waals surface area contributed by atoms with E-state index in [0.29, 0.717) is 29.3 Å². The molecule has 1 fully saturated rings. The van der Waals surface area contributed by atoms with Gasteiger partial charge in [-0.1, -0.05) is 0 Å². The van der Waals surface area contributed by atoms with Crippen LogP contribution in [0.5, 0.6) is 5.75 Å². The topological polar surface area (TPSA) is 60.2 Å². The van der Waals surface area contributed by atoms with Crippen LogP contribution in [0, 0.1) is 17.5 Å². The fourth-order valence-electron chi connectivity index (χ4n) is 4.99. The first kappa shape index (κ1) is 20.5. The van der Waals surface area contributed by atoms with Crippen molar-refractivity contribution in [3.8, 4) is 17.0 Å². The molecule has 2 aromatic heterocycles. The number of rotatable bonds is 3. The Hall–Kier alpha value is -3.36. The molecule has 2 bridgehead atoms. The zero-order valence-corrected chi connectivity index (χ0v) is 17.6. The van der Waals surface area contributed by atoms with E-state index in [4.69, 9.17) is 4.74 Å². The van der Waals surface area contributed by atoms with Crippen LogP contribution in [0.15, 0.2) is 30.5 Å². The predicted molar refractivity (Wildman–Crippen MR) is 110 cm³/mol.